The molecule has 3 N–H and O–H groups in total. The minimum Gasteiger partial charge on any atom is -0.394 e. The van der Waals surface area contributed by atoms with Gasteiger partial charge in [-0.05, 0) is 6.92 Å². The van der Waals surface area contributed by atoms with E-state index in [1.807, 2.05) is 6.92 Å². The van der Waals surface area contributed by atoms with Crippen LogP contribution in [0.15, 0.2) is 0 Å². The van der Waals surface area contributed by atoms with Gasteiger partial charge in [-0.3, -0.25) is 0 Å². The molecule has 5 heteroatoms. The highest BCUT2D eigenvalue weighted by Gasteiger charge is 2.19. The van der Waals surface area contributed by atoms with Crippen molar-refractivity contribution >= 4 is 0 Å². The smallest absolute Gasteiger partial charge is 0.0983 e. The third-order valence-corrected chi connectivity index (χ3v) is 1.83. The first-order valence-corrected chi connectivity index (χ1v) is 4.65. The Balaban J connectivity index is 3.87. The van der Waals surface area contributed by atoms with Crippen molar-refractivity contribution in [2.45, 2.75) is 25.2 Å². The molecule has 0 aliphatic heterocycles. The van der Waals surface area contributed by atoms with Gasteiger partial charge in [-0.2, -0.15) is 0 Å². The van der Waals surface area contributed by atoms with Crippen LogP contribution in [-0.4, -0.2) is 57.4 Å². The van der Waals surface area contributed by atoms with Crippen LogP contribution in [0, 0.1) is 0 Å². The third kappa shape index (κ3) is 5.51. The van der Waals surface area contributed by atoms with Crippen molar-refractivity contribution in [2.24, 2.45) is 5.73 Å². The van der Waals surface area contributed by atoms with E-state index in [1.54, 1.807) is 14.2 Å². The first-order valence-electron chi connectivity index (χ1n) is 4.65. The number of aliphatic hydroxyl groups is 1. The van der Waals surface area contributed by atoms with Gasteiger partial charge in [-0.15, -0.1) is 0 Å². The lowest BCUT2D eigenvalue weighted by molar-refractivity contribution is -0.0759. The van der Waals surface area contributed by atoms with E-state index < -0.39 is 6.10 Å². The Morgan fingerprint density at radius 2 is 1.79 bits per heavy atom. The zero-order chi connectivity index (χ0) is 11.0. The summed E-state index contributed by atoms with van der Waals surface area (Å²) in [6.45, 7) is 2.60. The van der Waals surface area contributed by atoms with Gasteiger partial charge in [0.25, 0.3) is 0 Å². The van der Waals surface area contributed by atoms with Crippen LogP contribution in [0.5, 0.6) is 0 Å². The molecule has 0 aromatic carbocycles. The summed E-state index contributed by atoms with van der Waals surface area (Å²) in [6.07, 6.45) is -0.486. The average Bonchev–Trinajstić information content (AvgIpc) is 2.15. The second-order valence-electron chi connectivity index (χ2n) is 3.24. The molecule has 0 fully saturated rings. The predicted octanol–water partition coefficient (Wildman–Crippen LogP) is -0.627. The lowest BCUT2D eigenvalue weighted by Gasteiger charge is -2.25. The van der Waals surface area contributed by atoms with Crippen molar-refractivity contribution in [3.05, 3.63) is 0 Å². The molecule has 0 aromatic heterocycles. The Kier molecular flexibility index (Phi) is 8.02. The largest absolute Gasteiger partial charge is 0.394 e. The number of ether oxygens (including phenoxy) is 3. The van der Waals surface area contributed by atoms with Crippen LogP contribution in [0.1, 0.15) is 6.92 Å². The molecule has 0 amide bonds. The predicted molar refractivity (Wildman–Crippen MR) is 53.1 cm³/mol. The second kappa shape index (κ2) is 8.14. The zero-order valence-electron chi connectivity index (χ0n) is 9.10. The summed E-state index contributed by atoms with van der Waals surface area (Å²) in [6, 6.07) is -0.315. The standard InChI is InChI=1S/C9H21NO4/c1-7(5-12-2)14-9(4-11)8(10)6-13-3/h7-9,11H,4-6,10H2,1-3H3. The monoisotopic (exact) mass is 207 g/mol. The molecule has 0 rings (SSSR count). The molecule has 0 radical (unpaired) electrons. The fraction of sp³-hybridized carbons (Fsp3) is 1.00. The highest BCUT2D eigenvalue weighted by molar-refractivity contribution is 4.73. The summed E-state index contributed by atoms with van der Waals surface area (Å²) in [7, 11) is 3.16. The van der Waals surface area contributed by atoms with Gasteiger partial charge in [0.05, 0.1) is 38.1 Å². The number of nitrogens with two attached hydrogens (primary N) is 1. The maximum absolute atomic E-state index is 9.04. The topological polar surface area (TPSA) is 73.9 Å². The third-order valence-electron chi connectivity index (χ3n) is 1.83. The van der Waals surface area contributed by atoms with Crippen LogP contribution in [0.4, 0.5) is 0 Å². The highest BCUT2D eigenvalue weighted by atomic mass is 16.5. The van der Waals surface area contributed by atoms with Gasteiger partial charge in [0.1, 0.15) is 0 Å². The van der Waals surface area contributed by atoms with Gasteiger partial charge in [-0.25, -0.2) is 0 Å². The van der Waals surface area contributed by atoms with E-state index in [9.17, 15) is 0 Å². The van der Waals surface area contributed by atoms with Crippen molar-refractivity contribution in [1.82, 2.24) is 0 Å². The lowest BCUT2D eigenvalue weighted by atomic mass is 10.2. The number of methoxy groups -OCH3 is 2. The van der Waals surface area contributed by atoms with Crippen LogP contribution in [0.2, 0.25) is 0 Å². The SMILES string of the molecule is COCC(C)OC(CO)C(N)COC. The van der Waals surface area contributed by atoms with Gasteiger partial charge in [0.15, 0.2) is 0 Å². The maximum Gasteiger partial charge on any atom is 0.0983 e. The average molecular weight is 207 g/mol. The van der Waals surface area contributed by atoms with Crippen LogP contribution >= 0.6 is 0 Å². The van der Waals surface area contributed by atoms with E-state index >= 15 is 0 Å². The van der Waals surface area contributed by atoms with Gasteiger partial charge in [-0.1, -0.05) is 0 Å². The van der Waals surface area contributed by atoms with Gasteiger partial charge < -0.3 is 25.1 Å². The Morgan fingerprint density at radius 1 is 1.21 bits per heavy atom. The van der Waals surface area contributed by atoms with E-state index in [1.165, 1.54) is 0 Å². The number of hydrogen-bond acceptors (Lipinski definition) is 5. The molecular weight excluding hydrogens is 186 g/mol. The molecule has 14 heavy (non-hydrogen) atoms. The first-order chi connectivity index (χ1) is 6.65. The molecular formula is C9H21NO4. The van der Waals surface area contributed by atoms with Crippen LogP contribution in [0.25, 0.3) is 0 Å². The molecule has 0 saturated heterocycles. The fourth-order valence-corrected chi connectivity index (χ4v) is 1.15. The molecule has 0 spiro atoms. The number of rotatable bonds is 8. The molecule has 0 aliphatic carbocycles. The van der Waals surface area contributed by atoms with Crippen LogP contribution in [-0.2, 0) is 14.2 Å². The minimum atomic E-state index is -0.403. The zero-order valence-corrected chi connectivity index (χ0v) is 9.10. The number of aliphatic hydroxyl groups excluding tert-OH is 1. The Hall–Kier alpha value is -0.200. The lowest BCUT2D eigenvalue weighted by Crippen LogP contribution is -2.44. The van der Waals surface area contributed by atoms with E-state index in [0.717, 1.165) is 0 Å². The molecule has 0 aromatic rings. The summed E-state index contributed by atoms with van der Waals surface area (Å²) in [4.78, 5) is 0. The van der Waals surface area contributed by atoms with Crippen molar-refractivity contribution in [1.29, 1.82) is 0 Å². The minimum absolute atomic E-state index is 0.0833. The summed E-state index contributed by atoms with van der Waals surface area (Å²) >= 11 is 0. The first kappa shape index (κ1) is 13.8. The molecule has 3 unspecified atom stereocenters. The number of hydrogen-bond donors (Lipinski definition) is 2. The van der Waals surface area contributed by atoms with E-state index in [2.05, 4.69) is 0 Å². The van der Waals surface area contributed by atoms with E-state index in [-0.39, 0.29) is 18.8 Å². The Morgan fingerprint density at radius 3 is 2.21 bits per heavy atom. The van der Waals surface area contributed by atoms with Gasteiger partial charge in [0.2, 0.25) is 0 Å². The van der Waals surface area contributed by atoms with Crippen LogP contribution in [0.3, 0.4) is 0 Å². The summed E-state index contributed by atoms with van der Waals surface area (Å²) in [5.41, 5.74) is 5.73. The summed E-state index contributed by atoms with van der Waals surface area (Å²) in [5, 5.41) is 9.04. The van der Waals surface area contributed by atoms with Crippen molar-refractivity contribution < 1.29 is 19.3 Å². The molecule has 0 bridgehead atoms. The van der Waals surface area contributed by atoms with E-state index in [4.69, 9.17) is 25.1 Å². The van der Waals surface area contributed by atoms with Crippen molar-refractivity contribution in [3.63, 3.8) is 0 Å². The Labute approximate surface area is 85.1 Å². The van der Waals surface area contributed by atoms with Crippen molar-refractivity contribution in [3.8, 4) is 0 Å². The second-order valence-corrected chi connectivity index (χ2v) is 3.24. The quantitative estimate of drug-likeness (QED) is 0.554. The molecule has 0 aliphatic rings. The molecule has 5 nitrogen and oxygen atoms in total. The van der Waals surface area contributed by atoms with Crippen LogP contribution < -0.4 is 5.73 Å². The highest BCUT2D eigenvalue weighted by Crippen LogP contribution is 2.02. The van der Waals surface area contributed by atoms with E-state index in [0.29, 0.717) is 13.2 Å². The Bertz CT molecular complexity index is 134. The molecule has 3 atom stereocenters. The van der Waals surface area contributed by atoms with Crippen molar-refractivity contribution in [2.75, 3.05) is 34.0 Å². The molecule has 0 heterocycles. The molecule has 0 saturated carbocycles. The summed E-state index contributed by atoms with van der Waals surface area (Å²) < 4.78 is 15.3. The summed E-state index contributed by atoms with van der Waals surface area (Å²) in [5.74, 6) is 0. The molecule has 86 valence electrons. The maximum atomic E-state index is 9.04. The fourth-order valence-electron chi connectivity index (χ4n) is 1.15. The van der Waals surface area contributed by atoms with Gasteiger partial charge in [0, 0.05) is 14.2 Å². The van der Waals surface area contributed by atoms with Gasteiger partial charge >= 0.3 is 0 Å². The normalized spacial score (nSPS) is 17.8.